The van der Waals surface area contributed by atoms with Gasteiger partial charge in [-0.05, 0) is 12.5 Å². The van der Waals surface area contributed by atoms with E-state index in [4.69, 9.17) is 5.26 Å². The van der Waals surface area contributed by atoms with E-state index in [1.165, 1.54) is 0 Å². The maximum Gasteiger partial charge on any atom is 0.268 e. The van der Waals surface area contributed by atoms with Crippen molar-refractivity contribution in [2.24, 2.45) is 4.99 Å². The number of likely N-dealkylation sites (tertiary alicyclic amines) is 1. The number of hydrogen-bond acceptors (Lipinski definition) is 4. The molecule has 8 heteroatoms. The molecule has 0 aliphatic carbocycles. The molecule has 1 aromatic rings. The molecule has 1 saturated heterocycles. The van der Waals surface area contributed by atoms with Gasteiger partial charge in [-0.25, -0.2) is 8.78 Å². The van der Waals surface area contributed by atoms with Gasteiger partial charge in [-0.15, -0.1) is 0 Å². The number of hydrogen-bond donors (Lipinski definition) is 1. The minimum atomic E-state index is -3.07. The van der Waals surface area contributed by atoms with E-state index < -0.39 is 43.3 Å². The molecule has 2 heterocycles. The van der Waals surface area contributed by atoms with Crippen LogP contribution in [0.4, 0.5) is 8.78 Å². The Labute approximate surface area is 142 Å². The Morgan fingerprint density at radius 2 is 2.16 bits per heavy atom. The maximum atomic E-state index is 13.4. The van der Waals surface area contributed by atoms with Crippen molar-refractivity contribution in [3.05, 3.63) is 34.8 Å². The first-order valence-corrected chi connectivity index (χ1v) is 7.89. The van der Waals surface area contributed by atoms with Gasteiger partial charge in [0.15, 0.2) is 0 Å². The minimum Gasteiger partial charge on any atom is -0.343 e. The van der Waals surface area contributed by atoms with Gasteiger partial charge in [0.2, 0.25) is 11.8 Å². The summed E-state index contributed by atoms with van der Waals surface area (Å²) >= 11 is 0. The van der Waals surface area contributed by atoms with Crippen molar-refractivity contribution in [3.63, 3.8) is 0 Å². The van der Waals surface area contributed by atoms with Gasteiger partial charge < -0.3 is 10.2 Å². The molecule has 0 radical (unpaired) electrons. The summed E-state index contributed by atoms with van der Waals surface area (Å²) < 4.78 is 26.8. The van der Waals surface area contributed by atoms with Gasteiger partial charge in [0.05, 0.1) is 24.5 Å². The van der Waals surface area contributed by atoms with E-state index in [2.05, 4.69) is 10.3 Å². The lowest BCUT2D eigenvalue weighted by Gasteiger charge is -2.19. The number of fused-ring (bicyclic) bond motifs is 1. The smallest absolute Gasteiger partial charge is 0.268 e. The molecular formula is C17H16F2N4O2. The fraction of sp³-hybridized carbons (Fsp3) is 0.412. The Bertz CT molecular complexity index is 875. The first kappa shape index (κ1) is 17.0. The van der Waals surface area contributed by atoms with E-state index in [1.54, 1.807) is 24.3 Å². The Morgan fingerprint density at radius 1 is 1.40 bits per heavy atom. The van der Waals surface area contributed by atoms with Gasteiger partial charge in [-0.3, -0.25) is 14.6 Å². The summed E-state index contributed by atoms with van der Waals surface area (Å²) in [4.78, 5) is 29.7. The summed E-state index contributed by atoms with van der Waals surface area (Å²) in [6.07, 6.45) is -0.227. The van der Waals surface area contributed by atoms with Crippen molar-refractivity contribution in [3.8, 4) is 6.07 Å². The fourth-order valence-corrected chi connectivity index (χ4v) is 3.08. The highest BCUT2D eigenvalue weighted by Gasteiger charge is 2.47. The second kappa shape index (κ2) is 6.59. The van der Waals surface area contributed by atoms with Crippen LogP contribution in [0.1, 0.15) is 12.8 Å². The quantitative estimate of drug-likeness (QED) is 0.818. The Kier molecular flexibility index (Phi) is 4.49. The largest absolute Gasteiger partial charge is 0.343 e. The van der Waals surface area contributed by atoms with Crippen molar-refractivity contribution < 1.29 is 18.4 Å². The molecule has 1 fully saturated rings. The molecule has 0 bridgehead atoms. The molecule has 0 aromatic heterocycles. The lowest BCUT2D eigenvalue weighted by Crippen LogP contribution is -2.44. The van der Waals surface area contributed by atoms with Crippen molar-refractivity contribution >= 4 is 17.4 Å². The number of benzene rings is 1. The van der Waals surface area contributed by atoms with Crippen molar-refractivity contribution in [1.82, 2.24) is 10.2 Å². The van der Waals surface area contributed by atoms with Crippen LogP contribution >= 0.6 is 0 Å². The lowest BCUT2D eigenvalue weighted by molar-refractivity contribution is -0.133. The number of carbonyl (C=O) groups excluding carboxylic acids is 2. The normalized spacial score (nSPS) is 21.1. The minimum absolute atomic E-state index is 0.421. The second-order valence-corrected chi connectivity index (χ2v) is 6.04. The highest BCUT2D eigenvalue weighted by molar-refractivity contribution is 6.14. The average Bonchev–Trinajstić information content (AvgIpc) is 2.93. The molecule has 1 aromatic carbocycles. The van der Waals surface area contributed by atoms with Gasteiger partial charge in [-0.2, -0.15) is 5.26 Å². The number of amides is 2. The molecular weight excluding hydrogens is 330 g/mol. The van der Waals surface area contributed by atoms with Crippen molar-refractivity contribution in [2.75, 3.05) is 19.6 Å². The first-order valence-electron chi connectivity index (χ1n) is 7.89. The highest BCUT2D eigenvalue weighted by atomic mass is 19.3. The third kappa shape index (κ3) is 3.50. The third-order valence-electron chi connectivity index (χ3n) is 4.29. The third-order valence-corrected chi connectivity index (χ3v) is 4.29. The molecule has 25 heavy (non-hydrogen) atoms. The van der Waals surface area contributed by atoms with E-state index in [1.807, 2.05) is 6.07 Å². The number of halogens is 2. The summed E-state index contributed by atoms with van der Waals surface area (Å²) in [5.74, 6) is -4.18. The highest BCUT2D eigenvalue weighted by Crippen LogP contribution is 2.31. The summed E-state index contributed by atoms with van der Waals surface area (Å²) in [7, 11) is 0. The molecule has 6 nitrogen and oxygen atoms in total. The van der Waals surface area contributed by atoms with Gasteiger partial charge in [0.1, 0.15) is 6.04 Å². The SMILES string of the molecule is N#CC1CC(F)(F)CN1C(=O)CNC(=O)C1=c2ccccc2=NCC1. The van der Waals surface area contributed by atoms with Gasteiger partial charge in [-0.1, -0.05) is 18.2 Å². The van der Waals surface area contributed by atoms with Crippen LogP contribution in [0.15, 0.2) is 29.3 Å². The molecule has 0 spiro atoms. The zero-order valence-electron chi connectivity index (χ0n) is 13.3. The molecule has 2 aliphatic rings. The Hall–Kier alpha value is -2.82. The zero-order valence-corrected chi connectivity index (χ0v) is 13.3. The summed E-state index contributed by atoms with van der Waals surface area (Å²) in [6.45, 7) is -0.739. The van der Waals surface area contributed by atoms with Gasteiger partial charge >= 0.3 is 0 Å². The molecule has 0 saturated carbocycles. The number of para-hydroxylation sites is 1. The number of nitriles is 1. The Morgan fingerprint density at radius 3 is 2.92 bits per heavy atom. The van der Waals surface area contributed by atoms with Crippen LogP contribution in [-0.2, 0) is 9.59 Å². The van der Waals surface area contributed by atoms with Crippen LogP contribution < -0.4 is 15.9 Å². The van der Waals surface area contributed by atoms with Crippen molar-refractivity contribution in [1.29, 1.82) is 5.26 Å². The molecule has 2 amide bonds. The number of alkyl halides is 2. The van der Waals surface area contributed by atoms with Crippen LogP contribution in [-0.4, -0.2) is 48.3 Å². The molecule has 130 valence electrons. The van der Waals surface area contributed by atoms with E-state index in [0.29, 0.717) is 29.1 Å². The lowest BCUT2D eigenvalue weighted by atomic mass is 10.1. The predicted octanol–water partition coefficient (Wildman–Crippen LogP) is -0.263. The maximum absolute atomic E-state index is 13.4. The molecule has 2 aliphatic heterocycles. The van der Waals surface area contributed by atoms with E-state index in [0.717, 1.165) is 4.90 Å². The zero-order chi connectivity index (χ0) is 18.0. The molecule has 3 rings (SSSR count). The van der Waals surface area contributed by atoms with Gasteiger partial charge in [0.25, 0.3) is 5.92 Å². The first-order chi connectivity index (χ1) is 11.9. The summed E-state index contributed by atoms with van der Waals surface area (Å²) in [5.41, 5.74) is 0.516. The summed E-state index contributed by atoms with van der Waals surface area (Å²) in [5, 5.41) is 12.8. The van der Waals surface area contributed by atoms with Gasteiger partial charge in [0, 0.05) is 23.8 Å². The number of rotatable bonds is 3. The van der Waals surface area contributed by atoms with E-state index in [9.17, 15) is 18.4 Å². The van der Waals surface area contributed by atoms with Crippen LogP contribution in [0.2, 0.25) is 0 Å². The van der Waals surface area contributed by atoms with Crippen LogP contribution in [0.25, 0.3) is 5.57 Å². The average molecular weight is 346 g/mol. The predicted molar refractivity (Wildman–Crippen MR) is 83.8 cm³/mol. The number of nitrogens with zero attached hydrogens (tertiary/aromatic N) is 3. The van der Waals surface area contributed by atoms with Crippen LogP contribution in [0.5, 0.6) is 0 Å². The van der Waals surface area contributed by atoms with E-state index in [-0.39, 0.29) is 0 Å². The number of carbonyl (C=O) groups is 2. The Balaban J connectivity index is 1.70. The topological polar surface area (TPSA) is 85.6 Å². The molecule has 1 atom stereocenters. The standard InChI is InChI=1S/C17H16F2N4O2/c18-17(19)7-11(8-20)23(10-17)15(24)9-22-16(25)13-5-6-21-14-4-2-1-3-12(13)14/h1-4,11H,5-7,9-10H2,(H,22,25). The monoisotopic (exact) mass is 346 g/mol. The second-order valence-electron chi connectivity index (χ2n) is 6.04. The van der Waals surface area contributed by atoms with Crippen LogP contribution in [0.3, 0.4) is 0 Å². The summed E-state index contributed by atoms with van der Waals surface area (Å²) in [6, 6.07) is 7.74. The van der Waals surface area contributed by atoms with Crippen LogP contribution in [0, 0.1) is 11.3 Å². The van der Waals surface area contributed by atoms with Crippen molar-refractivity contribution in [2.45, 2.75) is 24.8 Å². The fourth-order valence-electron chi connectivity index (χ4n) is 3.08. The molecule has 1 unspecified atom stereocenters. The number of nitrogens with one attached hydrogen (secondary N) is 1. The molecule has 1 N–H and O–H groups in total. The van der Waals surface area contributed by atoms with E-state index >= 15 is 0 Å².